The summed E-state index contributed by atoms with van der Waals surface area (Å²) in [7, 11) is 1.81. The highest BCUT2D eigenvalue weighted by atomic mass is 19.1. The Morgan fingerprint density at radius 1 is 1.32 bits per heavy atom. The first-order valence-corrected chi connectivity index (χ1v) is 10.9. The number of nitrogens with zero attached hydrogens (tertiary/aromatic N) is 3. The van der Waals surface area contributed by atoms with Gasteiger partial charge < -0.3 is 30.9 Å². The van der Waals surface area contributed by atoms with Gasteiger partial charge in [-0.3, -0.25) is 4.90 Å². The number of aliphatic hydroxyl groups is 1. The minimum Gasteiger partial charge on any atom is -0.474 e. The van der Waals surface area contributed by atoms with Crippen LogP contribution in [0.4, 0.5) is 26.0 Å². The van der Waals surface area contributed by atoms with Gasteiger partial charge in [-0.1, -0.05) is 0 Å². The van der Waals surface area contributed by atoms with Crippen LogP contribution in [0.5, 0.6) is 5.88 Å². The summed E-state index contributed by atoms with van der Waals surface area (Å²) in [6.45, 7) is 3.26. The van der Waals surface area contributed by atoms with E-state index in [4.69, 9.17) is 15.2 Å². The third-order valence-corrected chi connectivity index (χ3v) is 6.11. The Bertz CT molecular complexity index is 1250. The van der Waals surface area contributed by atoms with Gasteiger partial charge in [0.25, 0.3) is 0 Å². The van der Waals surface area contributed by atoms with Crippen LogP contribution in [0.3, 0.4) is 0 Å². The number of nitrogen functional groups attached to an aromatic ring is 1. The lowest BCUT2D eigenvalue weighted by Gasteiger charge is -2.42. The molecule has 5 rings (SSSR count). The van der Waals surface area contributed by atoms with Crippen LogP contribution in [-0.4, -0.2) is 72.0 Å². The monoisotopic (exact) mass is 472 g/mol. The summed E-state index contributed by atoms with van der Waals surface area (Å²) in [5, 5.41) is 17.1. The number of pyridine rings is 2. The van der Waals surface area contributed by atoms with Crippen LogP contribution >= 0.6 is 0 Å². The Morgan fingerprint density at radius 3 is 2.88 bits per heavy atom. The number of aliphatic hydroxyl groups excluding tert-OH is 1. The fraction of sp³-hybridized carbons (Fsp3) is 0.391. The molecular formula is C23H26F2N6O3. The molecule has 34 heavy (non-hydrogen) atoms. The molecule has 180 valence electrons. The second-order valence-electron chi connectivity index (χ2n) is 8.83. The zero-order valence-corrected chi connectivity index (χ0v) is 18.9. The van der Waals surface area contributed by atoms with Crippen LogP contribution in [0.15, 0.2) is 24.5 Å². The van der Waals surface area contributed by atoms with Crippen LogP contribution in [0, 0.1) is 12.7 Å². The van der Waals surface area contributed by atoms with Gasteiger partial charge in [-0.05, 0) is 37.1 Å². The largest absolute Gasteiger partial charge is 0.474 e. The topological polar surface area (TPSA) is 118 Å². The zero-order valence-electron chi connectivity index (χ0n) is 18.9. The summed E-state index contributed by atoms with van der Waals surface area (Å²) in [5.41, 5.74) is 6.97. The molecule has 4 heterocycles. The molecule has 1 saturated heterocycles. The molecule has 1 fully saturated rings. The highest BCUT2D eigenvalue weighted by molar-refractivity contribution is 5.98. The van der Waals surface area contributed by atoms with Gasteiger partial charge in [0, 0.05) is 48.5 Å². The summed E-state index contributed by atoms with van der Waals surface area (Å²) < 4.78 is 40.3. The Labute approximate surface area is 194 Å². The number of hydrogen-bond acceptors (Lipinski definition) is 9. The maximum absolute atomic E-state index is 15.3. The zero-order chi connectivity index (χ0) is 24.0. The van der Waals surface area contributed by atoms with Crippen molar-refractivity contribution in [2.45, 2.75) is 19.0 Å². The average Bonchev–Trinajstić information content (AvgIpc) is 2.80. The van der Waals surface area contributed by atoms with E-state index >= 15 is 4.39 Å². The van der Waals surface area contributed by atoms with E-state index < -0.39 is 17.9 Å². The minimum absolute atomic E-state index is 0.0434. The third-order valence-electron chi connectivity index (χ3n) is 6.11. The lowest BCUT2D eigenvalue weighted by molar-refractivity contribution is -0.145. The number of fused-ring (bicyclic) bond motifs is 2. The van der Waals surface area contributed by atoms with Crippen molar-refractivity contribution in [3.05, 3.63) is 35.9 Å². The van der Waals surface area contributed by atoms with E-state index in [1.807, 2.05) is 11.8 Å². The van der Waals surface area contributed by atoms with Crippen molar-refractivity contribution in [3.8, 4) is 17.0 Å². The quantitative estimate of drug-likeness (QED) is 0.317. The molecule has 2 aliphatic rings. The Hall–Kier alpha value is -3.28. The summed E-state index contributed by atoms with van der Waals surface area (Å²) in [6.07, 6.45) is 1.52. The lowest BCUT2D eigenvalue weighted by atomic mass is 9.97. The predicted molar refractivity (Wildman–Crippen MR) is 125 cm³/mol. The van der Waals surface area contributed by atoms with Crippen molar-refractivity contribution in [1.29, 1.82) is 0 Å². The molecule has 0 spiro atoms. The van der Waals surface area contributed by atoms with Gasteiger partial charge in [0.2, 0.25) is 12.3 Å². The fourth-order valence-corrected chi connectivity index (χ4v) is 4.47. The van der Waals surface area contributed by atoms with E-state index in [-0.39, 0.29) is 36.8 Å². The van der Waals surface area contributed by atoms with E-state index in [9.17, 15) is 9.50 Å². The van der Waals surface area contributed by atoms with Crippen LogP contribution < -0.4 is 21.1 Å². The molecule has 0 bridgehead atoms. The van der Waals surface area contributed by atoms with E-state index in [0.29, 0.717) is 35.4 Å². The average molecular weight is 472 g/mol. The summed E-state index contributed by atoms with van der Waals surface area (Å²) in [6, 6.07) is 3.27. The molecule has 0 radical (unpaired) electrons. The molecule has 0 aliphatic carbocycles. The second kappa shape index (κ2) is 8.49. The molecule has 0 saturated carbocycles. The standard InChI is InChI=1S/C23H26F2N6O3/c1-12-15(7-29-21-20(12)27-3-4-33-21)14-5-13-6-17(28-8-16(13)19(26)18(14)24)30-22(32)34-11-23(25)9-31(2)10-23/h5-8,22,27,32H,3-4,9-11,26H2,1-2H3,(H,28,30). The molecule has 1 atom stereocenters. The molecule has 1 aromatic carbocycles. The molecule has 11 heteroatoms. The van der Waals surface area contributed by atoms with Crippen molar-refractivity contribution in [2.24, 2.45) is 0 Å². The number of nitrogens with two attached hydrogens (primary N) is 1. The SMILES string of the molecule is Cc1c(-c2cc3cc(NC(O)OCC4(F)CN(C)C4)ncc3c(N)c2F)cnc2c1NCCO2. The Kier molecular flexibility index (Phi) is 5.62. The minimum atomic E-state index is -1.48. The van der Waals surface area contributed by atoms with Crippen LogP contribution in [0.1, 0.15) is 5.56 Å². The van der Waals surface area contributed by atoms with Crippen molar-refractivity contribution < 1.29 is 23.4 Å². The first-order chi connectivity index (χ1) is 16.2. The van der Waals surface area contributed by atoms with Gasteiger partial charge in [0.1, 0.15) is 18.1 Å². The normalized spacial score (nSPS) is 17.9. The molecule has 2 aliphatic heterocycles. The highest BCUT2D eigenvalue weighted by Gasteiger charge is 2.42. The van der Waals surface area contributed by atoms with Crippen LogP contribution in [0.25, 0.3) is 21.9 Å². The number of nitrogens with one attached hydrogen (secondary N) is 2. The van der Waals surface area contributed by atoms with Gasteiger partial charge >= 0.3 is 0 Å². The first-order valence-electron chi connectivity index (χ1n) is 10.9. The number of ether oxygens (including phenoxy) is 2. The molecule has 0 amide bonds. The third kappa shape index (κ3) is 4.06. The van der Waals surface area contributed by atoms with Gasteiger partial charge in [-0.25, -0.2) is 18.7 Å². The van der Waals surface area contributed by atoms with Gasteiger partial charge in [-0.2, -0.15) is 0 Å². The summed E-state index contributed by atoms with van der Waals surface area (Å²) >= 11 is 0. The van der Waals surface area contributed by atoms with Gasteiger partial charge in [-0.15, -0.1) is 0 Å². The van der Waals surface area contributed by atoms with E-state index in [1.54, 1.807) is 25.4 Å². The number of benzene rings is 1. The van der Waals surface area contributed by atoms with Crippen LogP contribution in [0.2, 0.25) is 0 Å². The van der Waals surface area contributed by atoms with Crippen molar-refractivity contribution >= 4 is 28.0 Å². The Morgan fingerprint density at radius 2 is 2.12 bits per heavy atom. The number of hydrogen-bond donors (Lipinski definition) is 4. The van der Waals surface area contributed by atoms with Gasteiger partial charge in [0.15, 0.2) is 11.5 Å². The maximum Gasteiger partial charge on any atom is 0.237 e. The predicted octanol–water partition coefficient (Wildman–Crippen LogP) is 2.49. The second-order valence-corrected chi connectivity index (χ2v) is 8.83. The van der Waals surface area contributed by atoms with Crippen LogP contribution in [-0.2, 0) is 4.74 Å². The maximum atomic E-state index is 15.3. The molecule has 3 aromatic rings. The van der Waals surface area contributed by atoms with Crippen molar-refractivity contribution in [1.82, 2.24) is 14.9 Å². The van der Waals surface area contributed by atoms with E-state index in [0.717, 1.165) is 11.3 Å². The summed E-state index contributed by atoms with van der Waals surface area (Å²) in [4.78, 5) is 10.3. The number of halogens is 2. The molecule has 9 nitrogen and oxygen atoms in total. The number of rotatable bonds is 6. The molecular weight excluding hydrogens is 446 g/mol. The first kappa shape index (κ1) is 22.5. The number of likely N-dealkylation sites (tertiary alicyclic amines) is 1. The van der Waals surface area contributed by atoms with E-state index in [1.165, 1.54) is 6.20 Å². The molecule has 2 aromatic heterocycles. The Balaban J connectivity index is 1.42. The fourth-order valence-electron chi connectivity index (χ4n) is 4.47. The van der Waals surface area contributed by atoms with E-state index in [2.05, 4.69) is 20.6 Å². The molecule has 1 unspecified atom stereocenters. The van der Waals surface area contributed by atoms with Crippen molar-refractivity contribution in [3.63, 3.8) is 0 Å². The smallest absolute Gasteiger partial charge is 0.237 e. The number of aromatic nitrogens is 2. The molecule has 5 N–H and O–H groups in total. The number of anilines is 3. The summed E-state index contributed by atoms with van der Waals surface area (Å²) in [5.74, 6) is 0.180. The number of alkyl halides is 1. The lowest BCUT2D eigenvalue weighted by Crippen LogP contribution is -2.60. The van der Waals surface area contributed by atoms with Crippen molar-refractivity contribution in [2.75, 3.05) is 56.3 Å². The van der Waals surface area contributed by atoms with Gasteiger partial charge in [0.05, 0.1) is 12.3 Å². The highest BCUT2D eigenvalue weighted by Crippen LogP contribution is 2.39.